The molecule has 0 heterocycles. The maximum absolute atomic E-state index is 13.3. The first-order valence-electron chi connectivity index (χ1n) is 8.67. The van der Waals surface area contributed by atoms with Crippen molar-refractivity contribution in [2.45, 2.75) is 75.3 Å². The molecule has 0 aliphatic carbocycles. The fourth-order valence-electron chi connectivity index (χ4n) is 2.60. The van der Waals surface area contributed by atoms with Crippen LogP contribution in [0.3, 0.4) is 0 Å². The Morgan fingerprint density at radius 2 is 1.07 bits per heavy atom. The zero-order valence-corrected chi connectivity index (χ0v) is 16.3. The van der Waals surface area contributed by atoms with Crippen molar-refractivity contribution in [2.24, 2.45) is 0 Å². The van der Waals surface area contributed by atoms with Gasteiger partial charge >= 0.3 is 23.9 Å². The number of hydrogen-bond donors (Lipinski definition) is 0. The van der Waals surface area contributed by atoms with Gasteiger partial charge in [0.2, 0.25) is 0 Å². The molecule has 28 heavy (non-hydrogen) atoms. The van der Waals surface area contributed by atoms with Gasteiger partial charge in [-0.05, 0) is 37.0 Å². The summed E-state index contributed by atoms with van der Waals surface area (Å²) in [7, 11) is 0. The molecule has 0 amide bonds. The molecule has 1 aromatic carbocycles. The molecule has 0 aliphatic rings. The Balaban J connectivity index is 2.31. The van der Waals surface area contributed by atoms with E-state index in [1.165, 1.54) is 0 Å². The summed E-state index contributed by atoms with van der Waals surface area (Å²) in [6.07, 6.45) is -5.59. The zero-order chi connectivity index (χ0) is 21.6. The average Bonchev–Trinajstić information content (AvgIpc) is 2.57. The second-order valence-electron chi connectivity index (χ2n) is 6.60. The molecule has 10 heteroatoms. The quantitative estimate of drug-likeness (QED) is 0.218. The molecule has 0 spiro atoms. The van der Waals surface area contributed by atoms with Crippen molar-refractivity contribution in [3.63, 3.8) is 0 Å². The fourth-order valence-corrected chi connectivity index (χ4v) is 2.86. The SMILES string of the molecule is FC(F)(F)C(F)(F)C(F)(F)C(F)(F)CCCCCCCCc1ccc(Br)cc1. The smallest absolute Gasteiger partial charge is 0.200 e. The molecule has 1 rings (SSSR count). The molecule has 162 valence electrons. The van der Waals surface area contributed by atoms with E-state index in [1.807, 2.05) is 24.3 Å². The molecule has 0 unspecified atom stereocenters. The van der Waals surface area contributed by atoms with Crippen LogP contribution < -0.4 is 0 Å². The van der Waals surface area contributed by atoms with Crippen molar-refractivity contribution in [3.8, 4) is 0 Å². The summed E-state index contributed by atoms with van der Waals surface area (Å²) >= 11 is 3.31. The van der Waals surface area contributed by atoms with Crippen LogP contribution in [0.15, 0.2) is 28.7 Å². The molecule has 0 radical (unpaired) electrons. The monoisotopic (exact) mass is 486 g/mol. The molecule has 0 saturated heterocycles. The fraction of sp³-hybridized carbons (Fsp3) is 0.667. The minimum Gasteiger partial charge on any atom is -0.200 e. The third kappa shape index (κ3) is 6.29. The Kier molecular flexibility index (Phi) is 8.71. The van der Waals surface area contributed by atoms with Crippen LogP contribution in [0.25, 0.3) is 0 Å². The van der Waals surface area contributed by atoms with Gasteiger partial charge in [0.15, 0.2) is 0 Å². The van der Waals surface area contributed by atoms with Gasteiger partial charge in [-0.3, -0.25) is 0 Å². The normalized spacial score (nSPS) is 13.8. The second kappa shape index (κ2) is 9.71. The highest BCUT2D eigenvalue weighted by Crippen LogP contribution is 2.54. The number of alkyl halides is 9. The maximum atomic E-state index is 13.3. The van der Waals surface area contributed by atoms with Crippen LogP contribution in [-0.4, -0.2) is 23.9 Å². The van der Waals surface area contributed by atoms with E-state index >= 15 is 0 Å². The van der Waals surface area contributed by atoms with Gasteiger partial charge in [-0.25, -0.2) is 0 Å². The molecule has 0 bridgehead atoms. The van der Waals surface area contributed by atoms with Crippen LogP contribution >= 0.6 is 15.9 Å². The Morgan fingerprint density at radius 3 is 1.57 bits per heavy atom. The third-order valence-electron chi connectivity index (χ3n) is 4.33. The first-order valence-corrected chi connectivity index (χ1v) is 9.46. The van der Waals surface area contributed by atoms with Crippen LogP contribution in [0.2, 0.25) is 0 Å². The summed E-state index contributed by atoms with van der Waals surface area (Å²) in [6.45, 7) is 0. The molecule has 0 aliphatic heterocycles. The lowest BCUT2D eigenvalue weighted by atomic mass is 9.97. The van der Waals surface area contributed by atoms with Crippen LogP contribution in [0.1, 0.15) is 50.5 Å². The number of unbranched alkanes of at least 4 members (excludes halogenated alkanes) is 5. The van der Waals surface area contributed by atoms with Crippen molar-refractivity contribution >= 4 is 15.9 Å². The number of halogens is 10. The molecule has 0 nitrogen and oxygen atoms in total. The first-order chi connectivity index (χ1) is 12.7. The number of benzene rings is 1. The standard InChI is InChI=1S/C18H20BrF9/c19-14-10-8-13(9-11-14)7-5-3-1-2-4-6-12-15(20,21)16(22,23)17(24,25)18(26,27)28/h8-11H,1-7,12H2. The number of aryl methyl sites for hydroxylation is 1. The summed E-state index contributed by atoms with van der Waals surface area (Å²) in [5.41, 5.74) is 1.12. The zero-order valence-electron chi connectivity index (χ0n) is 14.7. The predicted molar refractivity (Wildman–Crippen MR) is 91.1 cm³/mol. The highest BCUT2D eigenvalue weighted by molar-refractivity contribution is 9.10. The lowest BCUT2D eigenvalue weighted by Gasteiger charge is -2.33. The van der Waals surface area contributed by atoms with E-state index < -0.39 is 36.8 Å². The Labute approximate surface area is 165 Å². The minimum atomic E-state index is -6.80. The number of hydrogen-bond acceptors (Lipinski definition) is 0. The van der Waals surface area contributed by atoms with E-state index in [1.54, 1.807) is 0 Å². The van der Waals surface area contributed by atoms with E-state index in [-0.39, 0.29) is 6.42 Å². The summed E-state index contributed by atoms with van der Waals surface area (Å²) in [4.78, 5) is 0. The molecular formula is C18H20BrF9. The van der Waals surface area contributed by atoms with Crippen LogP contribution in [0.5, 0.6) is 0 Å². The topological polar surface area (TPSA) is 0 Å². The van der Waals surface area contributed by atoms with Gasteiger partial charge in [-0.15, -0.1) is 0 Å². The van der Waals surface area contributed by atoms with Crippen molar-refractivity contribution in [2.75, 3.05) is 0 Å². The molecule has 0 N–H and O–H groups in total. The van der Waals surface area contributed by atoms with E-state index in [0.29, 0.717) is 12.8 Å². The van der Waals surface area contributed by atoms with E-state index in [4.69, 9.17) is 0 Å². The molecule has 0 atom stereocenters. The van der Waals surface area contributed by atoms with E-state index in [9.17, 15) is 39.5 Å². The van der Waals surface area contributed by atoms with Gasteiger partial charge in [0, 0.05) is 10.9 Å². The van der Waals surface area contributed by atoms with Gasteiger partial charge in [0.05, 0.1) is 0 Å². The highest BCUT2D eigenvalue weighted by Gasteiger charge is 2.81. The van der Waals surface area contributed by atoms with Crippen LogP contribution in [0.4, 0.5) is 39.5 Å². The Hall–Kier alpha value is -0.930. The Morgan fingerprint density at radius 1 is 0.607 bits per heavy atom. The number of rotatable bonds is 11. The predicted octanol–water partition coefficient (Wildman–Crippen LogP) is 8.19. The summed E-state index contributed by atoms with van der Waals surface area (Å²) in [6, 6.07) is 7.69. The summed E-state index contributed by atoms with van der Waals surface area (Å²) in [5.74, 6) is -18.7. The van der Waals surface area contributed by atoms with E-state index in [2.05, 4.69) is 15.9 Å². The lowest BCUT2D eigenvalue weighted by Crippen LogP contribution is -2.60. The van der Waals surface area contributed by atoms with Crippen LogP contribution in [0, 0.1) is 0 Å². The van der Waals surface area contributed by atoms with Crippen molar-refractivity contribution in [3.05, 3.63) is 34.3 Å². The van der Waals surface area contributed by atoms with Gasteiger partial charge in [-0.2, -0.15) is 39.5 Å². The average molecular weight is 487 g/mol. The van der Waals surface area contributed by atoms with Crippen molar-refractivity contribution < 1.29 is 39.5 Å². The van der Waals surface area contributed by atoms with Gasteiger partial charge in [0.1, 0.15) is 0 Å². The van der Waals surface area contributed by atoms with E-state index in [0.717, 1.165) is 29.3 Å². The largest absolute Gasteiger partial charge is 0.460 e. The van der Waals surface area contributed by atoms with Gasteiger partial charge in [0.25, 0.3) is 0 Å². The Bertz CT molecular complexity index is 594. The van der Waals surface area contributed by atoms with Gasteiger partial charge in [-0.1, -0.05) is 53.7 Å². The second-order valence-corrected chi connectivity index (χ2v) is 7.51. The molecule has 0 aromatic heterocycles. The first kappa shape index (κ1) is 25.1. The molecular weight excluding hydrogens is 467 g/mol. The molecule has 0 saturated carbocycles. The molecule has 1 aromatic rings. The summed E-state index contributed by atoms with van der Waals surface area (Å²) < 4.78 is 115. The van der Waals surface area contributed by atoms with Crippen LogP contribution in [-0.2, 0) is 6.42 Å². The van der Waals surface area contributed by atoms with Crippen molar-refractivity contribution in [1.29, 1.82) is 0 Å². The molecule has 0 fully saturated rings. The third-order valence-corrected chi connectivity index (χ3v) is 4.86. The highest BCUT2D eigenvalue weighted by atomic mass is 79.9. The van der Waals surface area contributed by atoms with Gasteiger partial charge < -0.3 is 0 Å². The maximum Gasteiger partial charge on any atom is 0.460 e. The lowest BCUT2D eigenvalue weighted by molar-refractivity contribution is -0.396. The minimum absolute atomic E-state index is 0.0432. The summed E-state index contributed by atoms with van der Waals surface area (Å²) in [5, 5.41) is 0. The van der Waals surface area contributed by atoms with Crippen molar-refractivity contribution in [1.82, 2.24) is 0 Å².